The summed E-state index contributed by atoms with van der Waals surface area (Å²) < 4.78 is 23.4. The molecule has 1 saturated heterocycles. The number of para-hydroxylation sites is 1. The van der Waals surface area contributed by atoms with Gasteiger partial charge in [0.2, 0.25) is 11.8 Å². The molecule has 1 aromatic rings. The average Bonchev–Trinajstić information content (AvgIpc) is 3.34. The van der Waals surface area contributed by atoms with Crippen molar-refractivity contribution < 1.29 is 18.0 Å². The van der Waals surface area contributed by atoms with E-state index in [0.717, 1.165) is 0 Å². The van der Waals surface area contributed by atoms with E-state index in [1.54, 1.807) is 29.2 Å². The fourth-order valence-electron chi connectivity index (χ4n) is 3.50. The monoisotopic (exact) mass is 375 g/mol. The maximum absolute atomic E-state index is 12.7. The summed E-state index contributed by atoms with van der Waals surface area (Å²) in [5.74, 6) is -1.15. The maximum Gasteiger partial charge on any atom is 0.228 e. The Labute approximate surface area is 152 Å². The van der Waals surface area contributed by atoms with Gasteiger partial charge in [0.1, 0.15) is 6.07 Å². The number of nitrogens with zero attached hydrogens (tertiary/aromatic N) is 2. The van der Waals surface area contributed by atoms with Gasteiger partial charge in [-0.25, -0.2) is 8.42 Å². The average molecular weight is 375 g/mol. The van der Waals surface area contributed by atoms with Crippen molar-refractivity contribution in [2.45, 2.75) is 25.8 Å². The number of benzene rings is 1. The Morgan fingerprint density at radius 2 is 2.04 bits per heavy atom. The molecule has 3 rings (SSSR count). The zero-order valence-electron chi connectivity index (χ0n) is 14.5. The lowest BCUT2D eigenvalue weighted by Crippen LogP contribution is -2.42. The molecule has 0 aromatic heterocycles. The van der Waals surface area contributed by atoms with Crippen LogP contribution in [0.2, 0.25) is 0 Å². The van der Waals surface area contributed by atoms with Crippen LogP contribution < -0.4 is 5.32 Å². The highest BCUT2D eigenvalue weighted by Gasteiger charge is 2.50. The third-order valence-electron chi connectivity index (χ3n) is 5.02. The summed E-state index contributed by atoms with van der Waals surface area (Å²) in [6.45, 7) is 2.25. The number of hydrogen-bond acceptors (Lipinski definition) is 5. The van der Waals surface area contributed by atoms with Gasteiger partial charge < -0.3 is 10.2 Å². The number of sulfone groups is 1. The van der Waals surface area contributed by atoms with Crippen molar-refractivity contribution in [1.82, 2.24) is 4.90 Å². The van der Waals surface area contributed by atoms with Gasteiger partial charge >= 0.3 is 0 Å². The van der Waals surface area contributed by atoms with Crippen molar-refractivity contribution in [3.8, 4) is 6.07 Å². The van der Waals surface area contributed by atoms with Crippen LogP contribution in [-0.4, -0.2) is 49.2 Å². The lowest BCUT2D eigenvalue weighted by Gasteiger charge is -2.27. The first-order valence-electron chi connectivity index (χ1n) is 8.67. The zero-order valence-corrected chi connectivity index (χ0v) is 15.3. The molecule has 2 amide bonds. The minimum absolute atomic E-state index is 0.00566. The number of nitriles is 1. The molecule has 3 atom stereocenters. The normalized spacial score (nSPS) is 25.9. The van der Waals surface area contributed by atoms with Gasteiger partial charge in [-0.2, -0.15) is 5.26 Å². The lowest BCUT2D eigenvalue weighted by atomic mass is 10.1. The van der Waals surface area contributed by atoms with Gasteiger partial charge in [0, 0.05) is 12.6 Å². The molecule has 1 aliphatic heterocycles. The molecule has 138 valence electrons. The Balaban J connectivity index is 1.63. The Hall–Kier alpha value is -2.40. The molecule has 1 aromatic carbocycles. The molecule has 1 aliphatic carbocycles. The molecule has 3 unspecified atom stereocenters. The van der Waals surface area contributed by atoms with E-state index < -0.39 is 21.7 Å². The lowest BCUT2D eigenvalue weighted by molar-refractivity contribution is -0.135. The molecule has 2 aliphatic rings. The van der Waals surface area contributed by atoms with E-state index in [-0.39, 0.29) is 29.4 Å². The van der Waals surface area contributed by atoms with Crippen LogP contribution in [0.5, 0.6) is 0 Å². The van der Waals surface area contributed by atoms with Crippen LogP contribution in [0.25, 0.3) is 0 Å². The highest BCUT2D eigenvalue weighted by Crippen LogP contribution is 2.41. The van der Waals surface area contributed by atoms with Crippen molar-refractivity contribution in [2.75, 3.05) is 23.4 Å². The van der Waals surface area contributed by atoms with Crippen LogP contribution in [0, 0.1) is 23.2 Å². The van der Waals surface area contributed by atoms with E-state index in [9.17, 15) is 18.0 Å². The molecule has 26 heavy (non-hydrogen) atoms. The van der Waals surface area contributed by atoms with E-state index in [4.69, 9.17) is 5.26 Å². The topological polar surface area (TPSA) is 107 Å². The summed E-state index contributed by atoms with van der Waals surface area (Å²) in [5.41, 5.74) is 0.808. The van der Waals surface area contributed by atoms with Crippen molar-refractivity contribution >= 4 is 27.3 Å². The van der Waals surface area contributed by atoms with Gasteiger partial charge in [-0.3, -0.25) is 9.59 Å². The second-order valence-corrected chi connectivity index (χ2v) is 9.01. The quantitative estimate of drug-likeness (QED) is 0.831. The second-order valence-electron chi connectivity index (χ2n) is 6.78. The zero-order chi connectivity index (χ0) is 18.9. The van der Waals surface area contributed by atoms with Gasteiger partial charge in [-0.1, -0.05) is 12.1 Å². The van der Waals surface area contributed by atoms with Crippen LogP contribution in [0.15, 0.2) is 24.3 Å². The van der Waals surface area contributed by atoms with Crippen molar-refractivity contribution in [3.05, 3.63) is 29.8 Å². The Morgan fingerprint density at radius 1 is 1.31 bits per heavy atom. The number of hydrogen-bond donors (Lipinski definition) is 1. The molecule has 0 radical (unpaired) electrons. The Kier molecular flexibility index (Phi) is 5.01. The fourth-order valence-corrected chi connectivity index (χ4v) is 5.23. The molecule has 1 saturated carbocycles. The third-order valence-corrected chi connectivity index (χ3v) is 6.77. The molecular weight excluding hydrogens is 354 g/mol. The van der Waals surface area contributed by atoms with E-state index >= 15 is 0 Å². The van der Waals surface area contributed by atoms with Crippen LogP contribution in [0.3, 0.4) is 0 Å². The Bertz CT molecular complexity index is 875. The number of anilines is 1. The first-order chi connectivity index (χ1) is 12.4. The number of nitrogens with one attached hydrogen (secondary N) is 1. The van der Waals surface area contributed by atoms with Crippen molar-refractivity contribution in [3.63, 3.8) is 0 Å². The summed E-state index contributed by atoms with van der Waals surface area (Å²) in [6, 6.07) is 8.44. The SMILES string of the molecule is CCN(C(=O)C1CC1C(=O)Nc1ccccc1C#N)C1CCS(=O)(=O)C1. The summed E-state index contributed by atoms with van der Waals surface area (Å²) in [4.78, 5) is 26.7. The molecule has 1 heterocycles. The van der Waals surface area contributed by atoms with Crippen LogP contribution >= 0.6 is 0 Å². The molecule has 7 nitrogen and oxygen atoms in total. The summed E-state index contributed by atoms with van der Waals surface area (Å²) in [5, 5.41) is 11.8. The van der Waals surface area contributed by atoms with Crippen LogP contribution in [0.1, 0.15) is 25.3 Å². The van der Waals surface area contributed by atoms with Gasteiger partial charge in [0.25, 0.3) is 0 Å². The van der Waals surface area contributed by atoms with Gasteiger partial charge in [-0.15, -0.1) is 0 Å². The standard InChI is InChI=1S/C18H21N3O4S/c1-2-21(13-7-8-26(24,25)11-13)18(23)15-9-14(15)17(22)20-16-6-4-3-5-12(16)10-19/h3-6,13-15H,2,7-9,11H2,1H3,(H,20,22). The minimum atomic E-state index is -3.07. The smallest absolute Gasteiger partial charge is 0.228 e. The van der Waals surface area contributed by atoms with E-state index in [0.29, 0.717) is 30.6 Å². The van der Waals surface area contributed by atoms with Gasteiger partial charge in [-0.05, 0) is 31.9 Å². The summed E-state index contributed by atoms with van der Waals surface area (Å²) in [6.07, 6.45) is 0.913. The van der Waals surface area contributed by atoms with E-state index in [1.165, 1.54) is 0 Å². The first-order valence-corrected chi connectivity index (χ1v) is 10.5. The van der Waals surface area contributed by atoms with E-state index in [2.05, 4.69) is 5.32 Å². The van der Waals surface area contributed by atoms with E-state index in [1.807, 2.05) is 13.0 Å². The van der Waals surface area contributed by atoms with Crippen LogP contribution in [0.4, 0.5) is 5.69 Å². The number of rotatable bonds is 5. The maximum atomic E-state index is 12.7. The first kappa shape index (κ1) is 18.4. The van der Waals surface area contributed by atoms with Gasteiger partial charge in [0.15, 0.2) is 9.84 Å². The fraction of sp³-hybridized carbons (Fsp3) is 0.500. The van der Waals surface area contributed by atoms with Gasteiger partial charge in [0.05, 0.1) is 34.6 Å². The molecule has 2 fully saturated rings. The highest BCUT2D eigenvalue weighted by atomic mass is 32.2. The predicted octanol–water partition coefficient (Wildman–Crippen LogP) is 1.17. The third kappa shape index (κ3) is 3.73. The second kappa shape index (κ2) is 7.08. The number of carbonyl (C=O) groups excluding carboxylic acids is 2. The predicted molar refractivity (Wildman–Crippen MR) is 95.8 cm³/mol. The van der Waals surface area contributed by atoms with Crippen molar-refractivity contribution in [2.24, 2.45) is 11.8 Å². The summed E-state index contributed by atoms with van der Waals surface area (Å²) >= 11 is 0. The van der Waals surface area contributed by atoms with Crippen LogP contribution in [-0.2, 0) is 19.4 Å². The highest BCUT2D eigenvalue weighted by molar-refractivity contribution is 7.91. The number of amides is 2. The molecule has 0 bridgehead atoms. The minimum Gasteiger partial charge on any atom is -0.339 e. The molecule has 0 spiro atoms. The largest absolute Gasteiger partial charge is 0.339 e. The Morgan fingerprint density at radius 3 is 2.65 bits per heavy atom. The molecule has 8 heteroatoms. The molecular formula is C18H21N3O4S. The van der Waals surface area contributed by atoms with Crippen molar-refractivity contribution in [1.29, 1.82) is 5.26 Å². The number of carbonyl (C=O) groups is 2. The molecule has 1 N–H and O–H groups in total. The summed E-state index contributed by atoms with van der Waals surface area (Å²) in [7, 11) is -3.07.